The predicted molar refractivity (Wildman–Crippen MR) is 62.3 cm³/mol. The molecule has 0 saturated carbocycles. The SMILES string of the molecule is CC(C)N(CC#N)Cc1ccc(F)c(C#N)c1. The molecule has 1 aromatic carbocycles. The molecule has 0 bridgehead atoms. The maximum absolute atomic E-state index is 13.1. The van der Waals surface area contributed by atoms with Crippen LogP contribution in [0.5, 0.6) is 0 Å². The van der Waals surface area contributed by atoms with E-state index in [1.807, 2.05) is 24.8 Å². The first-order valence-corrected chi connectivity index (χ1v) is 5.38. The molecule has 4 heteroatoms. The van der Waals surface area contributed by atoms with Gasteiger partial charge in [0.15, 0.2) is 0 Å². The summed E-state index contributed by atoms with van der Waals surface area (Å²) in [5.74, 6) is -0.507. The van der Waals surface area contributed by atoms with Crippen LogP contribution in [-0.4, -0.2) is 17.5 Å². The Morgan fingerprint density at radius 1 is 1.35 bits per heavy atom. The number of nitrogens with zero attached hydrogens (tertiary/aromatic N) is 3. The molecule has 0 fully saturated rings. The highest BCUT2D eigenvalue weighted by molar-refractivity contribution is 5.34. The highest BCUT2D eigenvalue weighted by atomic mass is 19.1. The van der Waals surface area contributed by atoms with Gasteiger partial charge >= 0.3 is 0 Å². The maximum atomic E-state index is 13.1. The van der Waals surface area contributed by atoms with Gasteiger partial charge in [0.1, 0.15) is 11.9 Å². The lowest BCUT2D eigenvalue weighted by atomic mass is 10.1. The number of halogens is 1. The first-order valence-electron chi connectivity index (χ1n) is 5.38. The summed E-state index contributed by atoms with van der Waals surface area (Å²) in [6.45, 7) is 4.84. The van der Waals surface area contributed by atoms with Crippen molar-refractivity contribution in [3.8, 4) is 12.1 Å². The van der Waals surface area contributed by atoms with Gasteiger partial charge in [0.25, 0.3) is 0 Å². The summed E-state index contributed by atoms with van der Waals surface area (Å²) in [4.78, 5) is 1.95. The molecule has 0 heterocycles. The molecular formula is C13H14FN3. The zero-order valence-corrected chi connectivity index (χ0v) is 9.94. The van der Waals surface area contributed by atoms with Crippen molar-refractivity contribution in [2.24, 2.45) is 0 Å². The molecule has 0 spiro atoms. The Hall–Kier alpha value is -1.91. The van der Waals surface area contributed by atoms with E-state index in [2.05, 4.69) is 6.07 Å². The number of benzene rings is 1. The second kappa shape index (κ2) is 5.98. The van der Waals surface area contributed by atoms with Gasteiger partial charge in [-0.15, -0.1) is 0 Å². The summed E-state index contributed by atoms with van der Waals surface area (Å²) in [5.41, 5.74) is 0.884. The van der Waals surface area contributed by atoms with Crippen LogP contribution in [0.1, 0.15) is 25.0 Å². The minimum absolute atomic E-state index is 0.0446. The Balaban J connectivity index is 2.88. The van der Waals surface area contributed by atoms with E-state index in [1.54, 1.807) is 6.07 Å². The van der Waals surface area contributed by atoms with Crippen LogP contribution in [0.3, 0.4) is 0 Å². The molecule has 0 aromatic heterocycles. The smallest absolute Gasteiger partial charge is 0.140 e. The fourth-order valence-electron chi connectivity index (χ4n) is 1.50. The van der Waals surface area contributed by atoms with Crippen LogP contribution in [0.25, 0.3) is 0 Å². The molecule has 3 nitrogen and oxygen atoms in total. The van der Waals surface area contributed by atoms with Gasteiger partial charge in [0.2, 0.25) is 0 Å². The third-order valence-electron chi connectivity index (χ3n) is 2.54. The molecule has 1 aromatic rings. The molecule has 1 rings (SSSR count). The molecule has 0 N–H and O–H groups in total. The summed E-state index contributed by atoms with van der Waals surface area (Å²) >= 11 is 0. The van der Waals surface area contributed by atoms with Crippen molar-refractivity contribution in [1.82, 2.24) is 4.90 Å². The fraction of sp³-hybridized carbons (Fsp3) is 0.385. The highest BCUT2D eigenvalue weighted by Crippen LogP contribution is 2.13. The maximum Gasteiger partial charge on any atom is 0.140 e. The first kappa shape index (κ1) is 13.2. The van der Waals surface area contributed by atoms with E-state index in [0.717, 1.165) is 5.56 Å². The fourth-order valence-corrected chi connectivity index (χ4v) is 1.50. The van der Waals surface area contributed by atoms with Crippen molar-refractivity contribution >= 4 is 0 Å². The molecule has 0 aliphatic rings. The number of hydrogen-bond acceptors (Lipinski definition) is 3. The normalized spacial score (nSPS) is 10.3. The quantitative estimate of drug-likeness (QED) is 0.748. The van der Waals surface area contributed by atoms with Crippen molar-refractivity contribution in [1.29, 1.82) is 10.5 Å². The predicted octanol–water partition coefficient (Wildman–Crippen LogP) is 2.43. The lowest BCUT2D eigenvalue weighted by molar-refractivity contribution is 0.240. The van der Waals surface area contributed by atoms with Crippen LogP contribution in [0.2, 0.25) is 0 Å². The Bertz CT molecular complexity index is 469. The molecule has 0 aliphatic carbocycles. The van der Waals surface area contributed by atoms with Crippen molar-refractivity contribution in [2.45, 2.75) is 26.4 Å². The second-order valence-corrected chi connectivity index (χ2v) is 4.08. The molecule has 0 unspecified atom stereocenters. The number of rotatable bonds is 4. The second-order valence-electron chi connectivity index (χ2n) is 4.08. The zero-order valence-electron chi connectivity index (χ0n) is 9.94. The van der Waals surface area contributed by atoms with Gasteiger partial charge in [0, 0.05) is 12.6 Å². The van der Waals surface area contributed by atoms with E-state index in [1.165, 1.54) is 12.1 Å². The van der Waals surface area contributed by atoms with Crippen LogP contribution in [0, 0.1) is 28.5 Å². The topological polar surface area (TPSA) is 50.8 Å². The largest absolute Gasteiger partial charge is 0.284 e. The van der Waals surface area contributed by atoms with E-state index in [-0.39, 0.29) is 11.6 Å². The molecular weight excluding hydrogens is 217 g/mol. The molecule has 0 radical (unpaired) electrons. The molecule has 0 atom stereocenters. The summed E-state index contributed by atoms with van der Waals surface area (Å²) < 4.78 is 13.1. The third-order valence-corrected chi connectivity index (χ3v) is 2.54. The molecule has 0 amide bonds. The summed E-state index contributed by atoms with van der Waals surface area (Å²) in [6, 6.07) is 8.60. The Morgan fingerprint density at radius 2 is 2.06 bits per heavy atom. The zero-order chi connectivity index (χ0) is 12.8. The van der Waals surface area contributed by atoms with Gasteiger partial charge in [-0.3, -0.25) is 4.90 Å². The van der Waals surface area contributed by atoms with Crippen LogP contribution in [0.4, 0.5) is 4.39 Å². The minimum Gasteiger partial charge on any atom is -0.284 e. The average molecular weight is 231 g/mol. The van der Waals surface area contributed by atoms with Crippen LogP contribution in [-0.2, 0) is 6.54 Å². The van der Waals surface area contributed by atoms with Gasteiger partial charge in [0.05, 0.1) is 18.2 Å². The van der Waals surface area contributed by atoms with E-state index < -0.39 is 5.82 Å². The van der Waals surface area contributed by atoms with E-state index >= 15 is 0 Å². The van der Waals surface area contributed by atoms with Gasteiger partial charge in [-0.2, -0.15) is 10.5 Å². The molecule has 0 aliphatic heterocycles. The van der Waals surface area contributed by atoms with Gasteiger partial charge in [-0.1, -0.05) is 6.07 Å². The van der Waals surface area contributed by atoms with Crippen LogP contribution >= 0.6 is 0 Å². The third kappa shape index (κ3) is 3.55. The molecule has 88 valence electrons. The summed E-state index contributed by atoms with van der Waals surface area (Å²) in [7, 11) is 0. The average Bonchev–Trinajstić information content (AvgIpc) is 2.30. The van der Waals surface area contributed by atoms with Crippen molar-refractivity contribution < 1.29 is 4.39 Å². The lowest BCUT2D eigenvalue weighted by Gasteiger charge is -2.23. The van der Waals surface area contributed by atoms with Crippen LogP contribution in [0.15, 0.2) is 18.2 Å². The van der Waals surface area contributed by atoms with Crippen molar-refractivity contribution in [3.05, 3.63) is 35.1 Å². The van der Waals surface area contributed by atoms with Gasteiger partial charge in [-0.05, 0) is 31.5 Å². The minimum atomic E-state index is -0.507. The lowest BCUT2D eigenvalue weighted by Crippen LogP contribution is -2.30. The molecule has 17 heavy (non-hydrogen) atoms. The van der Waals surface area contributed by atoms with Gasteiger partial charge < -0.3 is 0 Å². The monoisotopic (exact) mass is 231 g/mol. The van der Waals surface area contributed by atoms with Crippen molar-refractivity contribution in [3.63, 3.8) is 0 Å². The first-order chi connectivity index (χ1) is 8.08. The summed E-state index contributed by atoms with van der Waals surface area (Å²) in [5, 5.41) is 17.4. The Morgan fingerprint density at radius 3 is 2.59 bits per heavy atom. The summed E-state index contributed by atoms with van der Waals surface area (Å²) in [6.07, 6.45) is 0. The number of nitriles is 2. The molecule has 0 saturated heterocycles. The Labute approximate surface area is 101 Å². The standard InChI is InChI=1S/C13H14FN3/c1-10(2)17(6-5-15)9-11-3-4-13(14)12(7-11)8-16/h3-4,7,10H,6,9H2,1-2H3. The van der Waals surface area contributed by atoms with E-state index in [0.29, 0.717) is 13.1 Å². The van der Waals surface area contributed by atoms with Crippen molar-refractivity contribution in [2.75, 3.05) is 6.54 Å². The van der Waals surface area contributed by atoms with Gasteiger partial charge in [-0.25, -0.2) is 4.39 Å². The van der Waals surface area contributed by atoms with Crippen LogP contribution < -0.4 is 0 Å². The van der Waals surface area contributed by atoms with E-state index in [9.17, 15) is 4.39 Å². The highest BCUT2D eigenvalue weighted by Gasteiger charge is 2.11. The van der Waals surface area contributed by atoms with E-state index in [4.69, 9.17) is 10.5 Å². The number of hydrogen-bond donors (Lipinski definition) is 0. The Kier molecular flexibility index (Phi) is 4.63.